The number of anilines is 2. The minimum absolute atomic E-state index is 0.475. The Bertz CT molecular complexity index is 429. The van der Waals surface area contributed by atoms with Crippen LogP contribution in [0.5, 0.6) is 0 Å². The molecule has 0 fully saturated rings. The number of aromatic nitrogens is 3. The van der Waals surface area contributed by atoms with Crippen LogP contribution in [0.25, 0.3) is 0 Å². The first-order valence-electron chi connectivity index (χ1n) is 4.57. The van der Waals surface area contributed by atoms with Gasteiger partial charge in [-0.25, -0.2) is 15.0 Å². The van der Waals surface area contributed by atoms with Crippen molar-refractivity contribution in [3.05, 3.63) is 42.5 Å². The largest absolute Gasteiger partial charge is 0.384 e. The number of nitrogens with two attached hydrogens (primary N) is 1. The first kappa shape index (κ1) is 9.39. The van der Waals surface area contributed by atoms with E-state index < -0.39 is 0 Å². The predicted octanol–water partition coefficient (Wildman–Crippen LogP) is 1.07. The standard InChI is InChI=1S/C10H11N5/c11-8-4-6-13-10(15-8)7-14-9-3-1-2-5-12-9/h1-6H,7H2,(H,12,14)(H2,11,13,15). The van der Waals surface area contributed by atoms with E-state index in [1.54, 1.807) is 18.5 Å². The van der Waals surface area contributed by atoms with Crippen molar-refractivity contribution in [1.29, 1.82) is 0 Å². The van der Waals surface area contributed by atoms with Crippen LogP contribution in [-0.2, 0) is 6.54 Å². The summed E-state index contributed by atoms with van der Waals surface area (Å²) in [4.78, 5) is 12.3. The topological polar surface area (TPSA) is 76.7 Å². The molecular formula is C10H11N5. The van der Waals surface area contributed by atoms with Gasteiger partial charge < -0.3 is 11.1 Å². The Morgan fingerprint density at radius 2 is 2.07 bits per heavy atom. The van der Waals surface area contributed by atoms with Crippen LogP contribution >= 0.6 is 0 Å². The minimum atomic E-state index is 0.475. The molecule has 2 aromatic heterocycles. The number of rotatable bonds is 3. The molecule has 2 rings (SSSR count). The van der Waals surface area contributed by atoms with E-state index in [0.29, 0.717) is 18.2 Å². The molecule has 2 heterocycles. The zero-order chi connectivity index (χ0) is 10.5. The van der Waals surface area contributed by atoms with Crippen molar-refractivity contribution in [3.63, 3.8) is 0 Å². The van der Waals surface area contributed by atoms with Gasteiger partial charge in [0.15, 0.2) is 0 Å². The maximum atomic E-state index is 5.53. The molecule has 2 aromatic rings. The molecule has 0 radical (unpaired) electrons. The van der Waals surface area contributed by atoms with Crippen LogP contribution in [0.15, 0.2) is 36.7 Å². The molecule has 3 N–H and O–H groups in total. The van der Waals surface area contributed by atoms with E-state index in [4.69, 9.17) is 5.73 Å². The SMILES string of the molecule is Nc1ccnc(CNc2ccccn2)n1. The number of nitrogens with one attached hydrogen (secondary N) is 1. The third kappa shape index (κ3) is 2.63. The van der Waals surface area contributed by atoms with Crippen molar-refractivity contribution < 1.29 is 0 Å². The number of hydrogen-bond acceptors (Lipinski definition) is 5. The van der Waals surface area contributed by atoms with E-state index in [2.05, 4.69) is 20.3 Å². The van der Waals surface area contributed by atoms with Crippen molar-refractivity contribution in [2.75, 3.05) is 11.1 Å². The zero-order valence-electron chi connectivity index (χ0n) is 8.09. The van der Waals surface area contributed by atoms with Crippen LogP contribution in [0.4, 0.5) is 11.6 Å². The number of nitrogens with zero attached hydrogens (tertiary/aromatic N) is 3. The van der Waals surface area contributed by atoms with Gasteiger partial charge in [-0.3, -0.25) is 0 Å². The molecule has 5 nitrogen and oxygen atoms in total. The summed E-state index contributed by atoms with van der Waals surface area (Å²) in [5.74, 6) is 1.92. The van der Waals surface area contributed by atoms with Gasteiger partial charge in [0.1, 0.15) is 17.5 Å². The number of hydrogen-bond donors (Lipinski definition) is 2. The summed E-state index contributed by atoms with van der Waals surface area (Å²) in [5.41, 5.74) is 5.53. The van der Waals surface area contributed by atoms with Crippen LogP contribution in [0, 0.1) is 0 Å². The lowest BCUT2D eigenvalue weighted by molar-refractivity contribution is 0.946. The number of pyridine rings is 1. The molecule has 0 aliphatic heterocycles. The summed E-state index contributed by atoms with van der Waals surface area (Å²) in [6.45, 7) is 0.516. The smallest absolute Gasteiger partial charge is 0.149 e. The van der Waals surface area contributed by atoms with Gasteiger partial charge in [-0.2, -0.15) is 0 Å². The summed E-state index contributed by atoms with van der Waals surface area (Å²) >= 11 is 0. The Hall–Kier alpha value is -2.17. The summed E-state index contributed by atoms with van der Waals surface area (Å²) in [6, 6.07) is 7.31. The molecule has 0 aliphatic carbocycles. The lowest BCUT2D eigenvalue weighted by Crippen LogP contribution is -2.06. The Morgan fingerprint density at radius 1 is 1.13 bits per heavy atom. The molecule has 0 aromatic carbocycles. The summed E-state index contributed by atoms with van der Waals surface area (Å²) < 4.78 is 0. The first-order valence-corrected chi connectivity index (χ1v) is 4.57. The summed E-state index contributed by atoms with van der Waals surface area (Å²) in [7, 11) is 0. The van der Waals surface area contributed by atoms with Gasteiger partial charge in [0, 0.05) is 12.4 Å². The molecule has 0 amide bonds. The minimum Gasteiger partial charge on any atom is -0.384 e. The zero-order valence-corrected chi connectivity index (χ0v) is 8.09. The van der Waals surface area contributed by atoms with Crippen LogP contribution in [0.3, 0.4) is 0 Å². The van der Waals surface area contributed by atoms with Crippen molar-refractivity contribution >= 4 is 11.6 Å². The quantitative estimate of drug-likeness (QED) is 0.776. The Balaban J connectivity index is 1.99. The van der Waals surface area contributed by atoms with Crippen LogP contribution < -0.4 is 11.1 Å². The average molecular weight is 201 g/mol. The van der Waals surface area contributed by atoms with Gasteiger partial charge in [0.05, 0.1) is 6.54 Å². The van der Waals surface area contributed by atoms with Crippen molar-refractivity contribution in [3.8, 4) is 0 Å². The highest BCUT2D eigenvalue weighted by atomic mass is 15.0. The third-order valence-electron chi connectivity index (χ3n) is 1.82. The summed E-state index contributed by atoms with van der Waals surface area (Å²) in [5, 5.41) is 3.10. The van der Waals surface area contributed by atoms with Crippen molar-refractivity contribution in [2.45, 2.75) is 6.54 Å². The molecule has 0 aliphatic rings. The van der Waals surface area contributed by atoms with Gasteiger partial charge in [-0.15, -0.1) is 0 Å². The molecule has 0 unspecified atom stereocenters. The van der Waals surface area contributed by atoms with Crippen molar-refractivity contribution in [2.24, 2.45) is 0 Å². The van der Waals surface area contributed by atoms with Gasteiger partial charge in [-0.05, 0) is 18.2 Å². The molecule has 76 valence electrons. The van der Waals surface area contributed by atoms with Gasteiger partial charge in [0.25, 0.3) is 0 Å². The lowest BCUT2D eigenvalue weighted by atomic mass is 10.4. The van der Waals surface area contributed by atoms with E-state index >= 15 is 0 Å². The Morgan fingerprint density at radius 3 is 2.80 bits per heavy atom. The second-order valence-electron chi connectivity index (χ2n) is 2.97. The van der Waals surface area contributed by atoms with E-state index in [0.717, 1.165) is 5.82 Å². The van der Waals surface area contributed by atoms with Crippen LogP contribution in [-0.4, -0.2) is 15.0 Å². The average Bonchev–Trinajstić information content (AvgIpc) is 2.28. The maximum absolute atomic E-state index is 5.53. The van der Waals surface area contributed by atoms with E-state index in [9.17, 15) is 0 Å². The van der Waals surface area contributed by atoms with Gasteiger partial charge in [0.2, 0.25) is 0 Å². The maximum Gasteiger partial charge on any atom is 0.149 e. The molecule has 0 bridgehead atoms. The molecule has 0 spiro atoms. The summed E-state index contributed by atoms with van der Waals surface area (Å²) in [6.07, 6.45) is 3.36. The fraction of sp³-hybridized carbons (Fsp3) is 0.100. The predicted molar refractivity (Wildman–Crippen MR) is 58.0 cm³/mol. The highest BCUT2D eigenvalue weighted by molar-refractivity contribution is 5.33. The third-order valence-corrected chi connectivity index (χ3v) is 1.82. The first-order chi connectivity index (χ1) is 7.34. The lowest BCUT2D eigenvalue weighted by Gasteiger charge is -2.03. The second-order valence-corrected chi connectivity index (χ2v) is 2.97. The number of nitrogen functional groups attached to an aromatic ring is 1. The molecule has 0 saturated carbocycles. The fourth-order valence-corrected chi connectivity index (χ4v) is 1.14. The highest BCUT2D eigenvalue weighted by Gasteiger charge is 1.97. The molecule has 0 atom stereocenters. The second kappa shape index (κ2) is 4.36. The van der Waals surface area contributed by atoms with E-state index in [-0.39, 0.29) is 0 Å². The highest BCUT2D eigenvalue weighted by Crippen LogP contribution is 2.02. The van der Waals surface area contributed by atoms with Gasteiger partial charge >= 0.3 is 0 Å². The fourth-order valence-electron chi connectivity index (χ4n) is 1.14. The van der Waals surface area contributed by atoms with E-state index in [1.165, 1.54) is 0 Å². The Labute approximate surface area is 87.4 Å². The molecular weight excluding hydrogens is 190 g/mol. The molecule has 5 heteroatoms. The van der Waals surface area contributed by atoms with Crippen LogP contribution in [0.2, 0.25) is 0 Å². The van der Waals surface area contributed by atoms with Crippen molar-refractivity contribution in [1.82, 2.24) is 15.0 Å². The normalized spacial score (nSPS) is 9.87. The van der Waals surface area contributed by atoms with E-state index in [1.807, 2.05) is 18.2 Å². The Kier molecular flexibility index (Phi) is 2.73. The van der Waals surface area contributed by atoms with Crippen LogP contribution in [0.1, 0.15) is 5.82 Å². The molecule has 0 saturated heterocycles. The molecule has 15 heavy (non-hydrogen) atoms. The van der Waals surface area contributed by atoms with Gasteiger partial charge in [-0.1, -0.05) is 6.07 Å². The monoisotopic (exact) mass is 201 g/mol.